The number of rotatable bonds is 0. The zero-order chi connectivity index (χ0) is 23.4. The van der Waals surface area contributed by atoms with Gasteiger partial charge in [0.1, 0.15) is 0 Å². The molecule has 0 aliphatic rings. The maximum Gasteiger partial charge on any atom is 0.0362 e. The van der Waals surface area contributed by atoms with E-state index in [1.165, 1.54) is 83.4 Å². The lowest BCUT2D eigenvalue weighted by Gasteiger charge is -2.03. The standard InChI is InChI=1S/C34H18S2/c1-3-7-21-11-25-15-31-27(13-23(25)9-19(21)5-1)29-17-34-30(18-33(29)35-31)28-14-24-10-20-6-2-4-8-22(20)12-26(24)16-32(28)36-34/h1-18H. The monoisotopic (exact) mass is 490 g/mol. The Kier molecular flexibility index (Phi) is 3.64. The predicted molar refractivity (Wildman–Crippen MR) is 162 cm³/mol. The number of benzene rings is 7. The first-order valence-corrected chi connectivity index (χ1v) is 13.9. The average molecular weight is 491 g/mol. The second-order valence-electron chi connectivity index (χ2n) is 9.84. The summed E-state index contributed by atoms with van der Waals surface area (Å²) in [5, 5.41) is 16.0. The normalized spacial score (nSPS) is 12.4. The molecule has 0 fully saturated rings. The Bertz CT molecular complexity index is 2200. The highest BCUT2D eigenvalue weighted by Crippen LogP contribution is 2.44. The molecule has 2 heteroatoms. The van der Waals surface area contributed by atoms with E-state index in [-0.39, 0.29) is 0 Å². The summed E-state index contributed by atoms with van der Waals surface area (Å²) in [7, 11) is 0. The summed E-state index contributed by atoms with van der Waals surface area (Å²) in [6.45, 7) is 0. The van der Waals surface area contributed by atoms with Crippen LogP contribution in [0.5, 0.6) is 0 Å². The van der Waals surface area contributed by atoms with E-state index in [9.17, 15) is 0 Å². The van der Waals surface area contributed by atoms with Crippen molar-refractivity contribution in [1.29, 1.82) is 0 Å². The lowest BCUT2D eigenvalue weighted by molar-refractivity contribution is 1.80. The summed E-state index contributed by atoms with van der Waals surface area (Å²) in [6.07, 6.45) is 0. The molecule has 0 aliphatic heterocycles. The van der Waals surface area contributed by atoms with Gasteiger partial charge in [0.15, 0.2) is 0 Å². The van der Waals surface area contributed by atoms with Gasteiger partial charge in [0.05, 0.1) is 0 Å². The molecule has 166 valence electrons. The third-order valence-electron chi connectivity index (χ3n) is 7.71. The highest BCUT2D eigenvalue weighted by atomic mass is 32.1. The molecule has 0 N–H and O–H groups in total. The van der Waals surface area contributed by atoms with Crippen molar-refractivity contribution in [2.45, 2.75) is 0 Å². The van der Waals surface area contributed by atoms with Crippen LogP contribution in [0.25, 0.3) is 83.4 Å². The summed E-state index contributed by atoms with van der Waals surface area (Å²) in [6, 6.07) is 41.1. The van der Waals surface area contributed by atoms with E-state index >= 15 is 0 Å². The number of fused-ring (bicyclic) bond motifs is 10. The van der Waals surface area contributed by atoms with Gasteiger partial charge in [-0.15, -0.1) is 22.7 Å². The fraction of sp³-hybridized carbons (Fsp3) is 0. The lowest BCUT2D eigenvalue weighted by atomic mass is 10.0. The molecule has 0 radical (unpaired) electrons. The van der Waals surface area contributed by atoms with Gasteiger partial charge in [0, 0.05) is 40.3 Å². The molecule has 0 atom stereocenters. The Morgan fingerprint density at radius 3 is 0.972 bits per heavy atom. The van der Waals surface area contributed by atoms with Gasteiger partial charge < -0.3 is 0 Å². The summed E-state index contributed by atoms with van der Waals surface area (Å²) in [5.74, 6) is 0. The SMILES string of the molecule is c1ccc2cc3cc4c(cc3cc2c1)sc1cc2c(cc14)sc1cc3cc4ccccc4cc3cc12. The van der Waals surface area contributed by atoms with E-state index in [1.807, 2.05) is 22.7 Å². The highest BCUT2D eigenvalue weighted by Gasteiger charge is 2.13. The fourth-order valence-corrected chi connectivity index (χ4v) is 8.23. The van der Waals surface area contributed by atoms with Crippen LogP contribution < -0.4 is 0 Å². The molecule has 0 nitrogen and oxygen atoms in total. The van der Waals surface area contributed by atoms with Crippen molar-refractivity contribution in [3.63, 3.8) is 0 Å². The van der Waals surface area contributed by atoms with E-state index in [1.54, 1.807) is 0 Å². The Morgan fingerprint density at radius 1 is 0.278 bits per heavy atom. The highest BCUT2D eigenvalue weighted by molar-refractivity contribution is 7.27. The van der Waals surface area contributed by atoms with Crippen LogP contribution >= 0.6 is 22.7 Å². The molecule has 0 aliphatic carbocycles. The molecule has 9 aromatic rings. The van der Waals surface area contributed by atoms with Crippen LogP contribution in [0.1, 0.15) is 0 Å². The fourth-order valence-electron chi connectivity index (χ4n) is 5.92. The van der Waals surface area contributed by atoms with Crippen molar-refractivity contribution in [3.05, 3.63) is 109 Å². The van der Waals surface area contributed by atoms with Gasteiger partial charge >= 0.3 is 0 Å². The minimum Gasteiger partial charge on any atom is -0.135 e. The summed E-state index contributed by atoms with van der Waals surface area (Å²) in [5.41, 5.74) is 0. The van der Waals surface area contributed by atoms with E-state index in [4.69, 9.17) is 0 Å². The van der Waals surface area contributed by atoms with Crippen molar-refractivity contribution in [1.82, 2.24) is 0 Å². The Hall–Kier alpha value is -3.98. The number of thiophene rings is 2. The third kappa shape index (κ3) is 2.63. The minimum absolute atomic E-state index is 1.30. The summed E-state index contributed by atoms with van der Waals surface area (Å²) in [4.78, 5) is 0. The molecule has 36 heavy (non-hydrogen) atoms. The Morgan fingerprint density at radius 2 is 0.583 bits per heavy atom. The number of hydrogen-bond acceptors (Lipinski definition) is 2. The smallest absolute Gasteiger partial charge is 0.0362 e. The molecule has 0 saturated heterocycles. The molecule has 0 spiro atoms. The van der Waals surface area contributed by atoms with Gasteiger partial charge in [-0.25, -0.2) is 0 Å². The zero-order valence-corrected chi connectivity index (χ0v) is 20.8. The van der Waals surface area contributed by atoms with Gasteiger partial charge in [-0.05, 0) is 104 Å². The molecule has 2 aromatic heterocycles. The molecular weight excluding hydrogens is 473 g/mol. The Labute approximate surface area is 214 Å². The maximum absolute atomic E-state index is 2.43. The van der Waals surface area contributed by atoms with Gasteiger partial charge in [0.25, 0.3) is 0 Å². The predicted octanol–water partition coefficient (Wildman–Crippen LogP) is 11.0. The second-order valence-corrected chi connectivity index (χ2v) is 12.0. The molecular formula is C34H18S2. The van der Waals surface area contributed by atoms with Crippen molar-refractivity contribution < 1.29 is 0 Å². The van der Waals surface area contributed by atoms with Crippen molar-refractivity contribution in [2.75, 3.05) is 0 Å². The van der Waals surface area contributed by atoms with Crippen LogP contribution in [-0.4, -0.2) is 0 Å². The van der Waals surface area contributed by atoms with E-state index in [0.29, 0.717) is 0 Å². The molecule has 0 amide bonds. The van der Waals surface area contributed by atoms with Crippen molar-refractivity contribution >= 4 is 106 Å². The van der Waals surface area contributed by atoms with Gasteiger partial charge in [-0.2, -0.15) is 0 Å². The molecule has 0 unspecified atom stereocenters. The minimum atomic E-state index is 1.30. The van der Waals surface area contributed by atoms with E-state index in [0.717, 1.165) is 0 Å². The summed E-state index contributed by atoms with van der Waals surface area (Å²) < 4.78 is 5.48. The van der Waals surface area contributed by atoms with Crippen LogP contribution in [0.3, 0.4) is 0 Å². The van der Waals surface area contributed by atoms with Gasteiger partial charge in [0.2, 0.25) is 0 Å². The first kappa shape index (κ1) is 19.2. The van der Waals surface area contributed by atoms with Crippen LogP contribution in [-0.2, 0) is 0 Å². The van der Waals surface area contributed by atoms with Crippen molar-refractivity contribution in [2.24, 2.45) is 0 Å². The lowest BCUT2D eigenvalue weighted by Crippen LogP contribution is -1.77. The maximum atomic E-state index is 2.43. The van der Waals surface area contributed by atoms with E-state index in [2.05, 4.69) is 109 Å². The van der Waals surface area contributed by atoms with Crippen LogP contribution in [0, 0.1) is 0 Å². The first-order chi connectivity index (χ1) is 17.8. The van der Waals surface area contributed by atoms with Crippen molar-refractivity contribution in [3.8, 4) is 0 Å². The second kappa shape index (κ2) is 6.82. The van der Waals surface area contributed by atoms with Gasteiger partial charge in [-0.3, -0.25) is 0 Å². The molecule has 2 heterocycles. The third-order valence-corrected chi connectivity index (χ3v) is 9.94. The number of hydrogen-bond donors (Lipinski definition) is 0. The zero-order valence-electron chi connectivity index (χ0n) is 19.2. The quantitative estimate of drug-likeness (QED) is 0.185. The van der Waals surface area contributed by atoms with Gasteiger partial charge in [-0.1, -0.05) is 48.5 Å². The topological polar surface area (TPSA) is 0 Å². The van der Waals surface area contributed by atoms with Crippen LogP contribution in [0.4, 0.5) is 0 Å². The van der Waals surface area contributed by atoms with E-state index < -0.39 is 0 Å². The summed E-state index contributed by atoms with van der Waals surface area (Å²) >= 11 is 3.84. The van der Waals surface area contributed by atoms with Crippen LogP contribution in [0.2, 0.25) is 0 Å². The largest absolute Gasteiger partial charge is 0.135 e. The average Bonchev–Trinajstić information content (AvgIpc) is 3.42. The Balaban J connectivity index is 1.34. The molecule has 0 saturated carbocycles. The molecule has 0 bridgehead atoms. The molecule has 9 rings (SSSR count). The first-order valence-electron chi connectivity index (χ1n) is 12.2. The molecule has 7 aromatic carbocycles. The van der Waals surface area contributed by atoms with Crippen LogP contribution in [0.15, 0.2) is 109 Å².